The van der Waals surface area contributed by atoms with Crippen LogP contribution in [-0.4, -0.2) is 31.4 Å². The quantitative estimate of drug-likeness (QED) is 0.919. The molecule has 2 aromatic heterocycles. The van der Waals surface area contributed by atoms with Gasteiger partial charge in [-0.05, 0) is 5.92 Å². The largest absolute Gasteiger partial charge is 0.391 e. The predicted molar refractivity (Wildman–Crippen MR) is 73.2 cm³/mol. The van der Waals surface area contributed by atoms with Gasteiger partial charge in [0, 0.05) is 13.1 Å². The number of nitrogens with zero attached hydrogens (tertiary/aromatic N) is 5. The second-order valence-electron chi connectivity index (χ2n) is 4.98. The molecule has 0 aliphatic carbocycles. The van der Waals surface area contributed by atoms with Gasteiger partial charge in [-0.1, -0.05) is 25.2 Å². The minimum absolute atomic E-state index is 0.0647. The van der Waals surface area contributed by atoms with Gasteiger partial charge in [-0.25, -0.2) is 4.98 Å². The van der Waals surface area contributed by atoms with E-state index >= 15 is 0 Å². The first-order valence-corrected chi connectivity index (χ1v) is 7.22. The van der Waals surface area contributed by atoms with Crippen LogP contribution in [-0.2, 0) is 19.7 Å². The maximum absolute atomic E-state index is 9.43. The van der Waals surface area contributed by atoms with Crippen LogP contribution in [0.1, 0.15) is 36.2 Å². The molecular formula is C12H17N5OS. The second-order valence-corrected chi connectivity index (χ2v) is 6.04. The van der Waals surface area contributed by atoms with E-state index in [0.717, 1.165) is 41.2 Å². The first-order valence-electron chi connectivity index (χ1n) is 6.41. The van der Waals surface area contributed by atoms with Gasteiger partial charge in [0.1, 0.15) is 6.33 Å². The average molecular weight is 279 g/mol. The molecule has 2 aromatic rings. The van der Waals surface area contributed by atoms with E-state index in [9.17, 15) is 5.11 Å². The standard InChI is InChI=1S/C12H17N5OS/c1-8(2)11-9(6-18)19-12(14-11)16-3-4-17-7-13-15-10(17)5-16/h7-8,18H,3-6H2,1-2H3. The van der Waals surface area contributed by atoms with Gasteiger partial charge in [0.05, 0.1) is 23.7 Å². The summed E-state index contributed by atoms with van der Waals surface area (Å²) in [6.45, 7) is 6.79. The molecule has 0 saturated heterocycles. The van der Waals surface area contributed by atoms with Gasteiger partial charge in [-0.15, -0.1) is 10.2 Å². The number of fused-ring (bicyclic) bond motifs is 1. The third kappa shape index (κ3) is 2.23. The minimum atomic E-state index is 0.0647. The Morgan fingerprint density at radius 2 is 2.26 bits per heavy atom. The molecule has 1 aliphatic heterocycles. The molecule has 0 bridgehead atoms. The van der Waals surface area contributed by atoms with E-state index in [0.29, 0.717) is 5.92 Å². The van der Waals surface area contributed by atoms with Crippen LogP contribution in [0.15, 0.2) is 6.33 Å². The summed E-state index contributed by atoms with van der Waals surface area (Å²) in [7, 11) is 0. The summed E-state index contributed by atoms with van der Waals surface area (Å²) in [5, 5.41) is 18.4. The van der Waals surface area contributed by atoms with Crippen LogP contribution in [0.2, 0.25) is 0 Å². The third-order valence-electron chi connectivity index (χ3n) is 3.32. The van der Waals surface area contributed by atoms with Gasteiger partial charge in [-0.3, -0.25) is 0 Å². The lowest BCUT2D eigenvalue weighted by Gasteiger charge is -2.26. The molecule has 0 unspecified atom stereocenters. The zero-order chi connectivity index (χ0) is 13.4. The molecule has 0 saturated carbocycles. The smallest absolute Gasteiger partial charge is 0.186 e. The van der Waals surface area contributed by atoms with Crippen molar-refractivity contribution in [3.05, 3.63) is 22.7 Å². The lowest BCUT2D eigenvalue weighted by Crippen LogP contribution is -2.33. The highest BCUT2D eigenvalue weighted by molar-refractivity contribution is 7.15. The first kappa shape index (κ1) is 12.6. The maximum atomic E-state index is 9.43. The maximum Gasteiger partial charge on any atom is 0.186 e. The lowest BCUT2D eigenvalue weighted by atomic mass is 10.1. The topological polar surface area (TPSA) is 67.1 Å². The van der Waals surface area contributed by atoms with Gasteiger partial charge < -0.3 is 14.6 Å². The van der Waals surface area contributed by atoms with Gasteiger partial charge in [0.25, 0.3) is 0 Å². The van der Waals surface area contributed by atoms with Crippen molar-refractivity contribution in [3.63, 3.8) is 0 Å². The van der Waals surface area contributed by atoms with Crippen molar-refractivity contribution in [3.8, 4) is 0 Å². The molecule has 0 aromatic carbocycles. The van der Waals surface area contributed by atoms with E-state index in [-0.39, 0.29) is 6.61 Å². The molecule has 3 rings (SSSR count). The Morgan fingerprint density at radius 1 is 1.42 bits per heavy atom. The van der Waals surface area contributed by atoms with Crippen molar-refractivity contribution >= 4 is 16.5 Å². The normalized spacial score (nSPS) is 15.1. The Kier molecular flexibility index (Phi) is 3.24. The van der Waals surface area contributed by atoms with E-state index in [1.165, 1.54) is 0 Å². The SMILES string of the molecule is CC(C)c1nc(N2CCn3cnnc3C2)sc1CO. The molecule has 6 nitrogen and oxygen atoms in total. The molecule has 0 spiro atoms. The first-order chi connectivity index (χ1) is 9.19. The molecule has 0 atom stereocenters. The molecule has 1 N–H and O–H groups in total. The Hall–Kier alpha value is -1.47. The number of rotatable bonds is 3. The van der Waals surface area contributed by atoms with Crippen LogP contribution >= 0.6 is 11.3 Å². The predicted octanol–water partition coefficient (Wildman–Crippen LogP) is 1.37. The van der Waals surface area contributed by atoms with Crippen molar-refractivity contribution in [1.82, 2.24) is 19.7 Å². The Morgan fingerprint density at radius 3 is 2.95 bits per heavy atom. The zero-order valence-electron chi connectivity index (χ0n) is 11.1. The fourth-order valence-corrected chi connectivity index (χ4v) is 3.38. The van der Waals surface area contributed by atoms with Crippen LogP contribution in [0.25, 0.3) is 0 Å². The van der Waals surface area contributed by atoms with Gasteiger partial charge in [0.2, 0.25) is 0 Å². The monoisotopic (exact) mass is 279 g/mol. The lowest BCUT2D eigenvalue weighted by molar-refractivity contribution is 0.283. The summed E-state index contributed by atoms with van der Waals surface area (Å²) in [6, 6.07) is 0. The summed E-state index contributed by atoms with van der Waals surface area (Å²) in [4.78, 5) is 7.87. The number of aromatic nitrogens is 4. The molecule has 0 fully saturated rings. The molecule has 0 radical (unpaired) electrons. The number of hydrogen-bond donors (Lipinski definition) is 1. The zero-order valence-corrected chi connectivity index (χ0v) is 11.9. The van der Waals surface area contributed by atoms with Gasteiger partial charge in [0.15, 0.2) is 11.0 Å². The number of hydrogen-bond acceptors (Lipinski definition) is 6. The van der Waals surface area contributed by atoms with E-state index < -0.39 is 0 Å². The Balaban J connectivity index is 1.87. The highest BCUT2D eigenvalue weighted by Crippen LogP contribution is 2.32. The Bertz CT molecular complexity index is 576. The number of anilines is 1. The van der Waals surface area contributed by atoms with Crippen LogP contribution in [0.4, 0.5) is 5.13 Å². The van der Waals surface area contributed by atoms with E-state index in [1.807, 2.05) is 0 Å². The van der Waals surface area contributed by atoms with Crippen LogP contribution < -0.4 is 4.90 Å². The summed E-state index contributed by atoms with van der Waals surface area (Å²) >= 11 is 1.58. The van der Waals surface area contributed by atoms with Gasteiger partial charge in [-0.2, -0.15) is 0 Å². The van der Waals surface area contributed by atoms with Crippen molar-refractivity contribution in [2.45, 2.75) is 39.5 Å². The van der Waals surface area contributed by atoms with Crippen LogP contribution in [0.5, 0.6) is 0 Å². The van der Waals surface area contributed by atoms with Crippen LogP contribution in [0, 0.1) is 0 Å². The highest BCUT2D eigenvalue weighted by atomic mass is 32.1. The van der Waals surface area contributed by atoms with Crippen molar-refractivity contribution in [1.29, 1.82) is 0 Å². The summed E-state index contributed by atoms with van der Waals surface area (Å²) in [6.07, 6.45) is 1.77. The van der Waals surface area contributed by atoms with E-state index in [1.54, 1.807) is 17.7 Å². The average Bonchev–Trinajstić information content (AvgIpc) is 3.04. The van der Waals surface area contributed by atoms with Crippen LogP contribution in [0.3, 0.4) is 0 Å². The minimum Gasteiger partial charge on any atom is -0.391 e. The molecule has 3 heterocycles. The Labute approximate surface area is 115 Å². The van der Waals surface area contributed by atoms with Gasteiger partial charge >= 0.3 is 0 Å². The number of aliphatic hydroxyl groups is 1. The number of aliphatic hydroxyl groups excluding tert-OH is 1. The summed E-state index contributed by atoms with van der Waals surface area (Å²) in [5.74, 6) is 1.30. The molecule has 1 aliphatic rings. The molecular weight excluding hydrogens is 262 g/mol. The summed E-state index contributed by atoms with van der Waals surface area (Å²) in [5.41, 5.74) is 1.01. The fraction of sp³-hybridized carbons (Fsp3) is 0.583. The van der Waals surface area contributed by atoms with E-state index in [2.05, 4.69) is 38.5 Å². The molecule has 102 valence electrons. The highest BCUT2D eigenvalue weighted by Gasteiger charge is 2.22. The molecule has 19 heavy (non-hydrogen) atoms. The summed E-state index contributed by atoms with van der Waals surface area (Å²) < 4.78 is 2.07. The number of thiazole rings is 1. The third-order valence-corrected chi connectivity index (χ3v) is 4.43. The molecule has 0 amide bonds. The van der Waals surface area contributed by atoms with Crippen molar-refractivity contribution in [2.24, 2.45) is 0 Å². The van der Waals surface area contributed by atoms with Crippen molar-refractivity contribution < 1.29 is 5.11 Å². The van der Waals surface area contributed by atoms with E-state index in [4.69, 9.17) is 0 Å². The molecule has 7 heteroatoms. The fourth-order valence-electron chi connectivity index (χ4n) is 2.28. The second kappa shape index (κ2) is 4.90. The van der Waals surface area contributed by atoms with Crippen molar-refractivity contribution in [2.75, 3.05) is 11.4 Å².